The van der Waals surface area contributed by atoms with Gasteiger partial charge in [-0.25, -0.2) is 4.39 Å². The molecule has 0 heterocycles. The molecule has 2 aromatic carbocycles. The van der Waals surface area contributed by atoms with Gasteiger partial charge in [0.15, 0.2) is 18.1 Å². The van der Waals surface area contributed by atoms with Crippen LogP contribution in [0.15, 0.2) is 48.5 Å². The lowest BCUT2D eigenvalue weighted by Gasteiger charge is -2.18. The van der Waals surface area contributed by atoms with Gasteiger partial charge in [0.05, 0.1) is 13.7 Å². The second-order valence-electron chi connectivity index (χ2n) is 6.01. The van der Waals surface area contributed by atoms with Gasteiger partial charge in [-0.1, -0.05) is 24.3 Å². The number of allylic oxidation sites excluding steroid dienone is 1. The third-order valence-electron chi connectivity index (χ3n) is 3.81. The number of nitrogens with one attached hydrogen (secondary N) is 1. The molecule has 1 N–H and O–H groups in total. The van der Waals surface area contributed by atoms with Crippen molar-refractivity contribution in [3.8, 4) is 11.5 Å². The van der Waals surface area contributed by atoms with E-state index in [1.165, 1.54) is 37.3 Å². The average molecular weight is 386 g/mol. The fraction of sp³-hybridized carbons (Fsp3) is 0.238. The maximum absolute atomic E-state index is 13.2. The molecule has 2 amide bonds. The number of hydrogen-bond acceptors (Lipinski definition) is 4. The van der Waals surface area contributed by atoms with Gasteiger partial charge >= 0.3 is 0 Å². The minimum Gasteiger partial charge on any atom is -0.493 e. The van der Waals surface area contributed by atoms with Crippen molar-refractivity contribution in [3.63, 3.8) is 0 Å². The van der Waals surface area contributed by atoms with Crippen LogP contribution >= 0.6 is 0 Å². The van der Waals surface area contributed by atoms with Gasteiger partial charge in [0.2, 0.25) is 5.91 Å². The van der Waals surface area contributed by atoms with Crippen LogP contribution in [-0.4, -0.2) is 44.0 Å². The van der Waals surface area contributed by atoms with Crippen LogP contribution in [0.5, 0.6) is 11.5 Å². The Labute approximate surface area is 163 Å². The molecule has 0 aliphatic carbocycles. The first-order chi connectivity index (χ1) is 13.4. The summed E-state index contributed by atoms with van der Waals surface area (Å²) in [6.07, 6.45) is 3.82. The summed E-state index contributed by atoms with van der Waals surface area (Å²) in [6, 6.07) is 10.9. The van der Waals surface area contributed by atoms with Crippen molar-refractivity contribution in [2.24, 2.45) is 0 Å². The quantitative estimate of drug-likeness (QED) is 0.756. The third-order valence-corrected chi connectivity index (χ3v) is 3.81. The molecule has 0 radical (unpaired) electrons. The Morgan fingerprint density at radius 1 is 1.18 bits per heavy atom. The largest absolute Gasteiger partial charge is 0.493 e. The van der Waals surface area contributed by atoms with Crippen LogP contribution in [0.3, 0.4) is 0 Å². The predicted octanol–water partition coefficient (Wildman–Crippen LogP) is 3.34. The molecular weight excluding hydrogens is 363 g/mol. The van der Waals surface area contributed by atoms with E-state index in [-0.39, 0.29) is 19.1 Å². The second kappa shape index (κ2) is 10.1. The molecule has 0 saturated heterocycles. The first-order valence-electron chi connectivity index (χ1n) is 8.66. The molecule has 0 atom stereocenters. The van der Waals surface area contributed by atoms with Crippen LogP contribution in [-0.2, 0) is 9.59 Å². The Morgan fingerprint density at radius 2 is 1.96 bits per heavy atom. The number of nitrogens with zero attached hydrogens (tertiary/aromatic N) is 1. The predicted molar refractivity (Wildman–Crippen MR) is 106 cm³/mol. The number of likely N-dealkylation sites (N-methyl/N-ethyl adjacent to an activating group) is 1. The lowest BCUT2D eigenvalue weighted by atomic mass is 10.2. The number of halogens is 1. The number of benzene rings is 2. The summed E-state index contributed by atoms with van der Waals surface area (Å²) in [7, 11) is 3.01. The van der Waals surface area contributed by atoms with E-state index in [1.807, 2.05) is 25.1 Å². The summed E-state index contributed by atoms with van der Waals surface area (Å²) in [4.78, 5) is 25.5. The Kier molecular flexibility index (Phi) is 7.56. The number of rotatable bonds is 8. The maximum Gasteiger partial charge on any atom is 0.260 e. The van der Waals surface area contributed by atoms with Crippen LogP contribution in [0, 0.1) is 5.82 Å². The van der Waals surface area contributed by atoms with Crippen molar-refractivity contribution in [2.45, 2.75) is 6.92 Å². The molecule has 0 aliphatic heterocycles. The average Bonchev–Trinajstić information content (AvgIpc) is 2.66. The molecule has 28 heavy (non-hydrogen) atoms. The molecule has 0 spiro atoms. The molecule has 0 aromatic heterocycles. The van der Waals surface area contributed by atoms with Crippen molar-refractivity contribution < 1.29 is 23.5 Å². The summed E-state index contributed by atoms with van der Waals surface area (Å²) in [5.74, 6) is -0.328. The molecule has 2 rings (SSSR count). The summed E-state index contributed by atoms with van der Waals surface area (Å²) in [5.41, 5.74) is 1.28. The van der Waals surface area contributed by atoms with E-state index in [4.69, 9.17) is 9.47 Å². The van der Waals surface area contributed by atoms with Crippen molar-refractivity contribution >= 4 is 23.6 Å². The minimum atomic E-state index is -0.454. The summed E-state index contributed by atoms with van der Waals surface area (Å²) in [6.45, 7) is 1.48. The van der Waals surface area contributed by atoms with E-state index in [0.717, 1.165) is 5.56 Å². The topological polar surface area (TPSA) is 67.9 Å². The number of methoxy groups -OCH3 is 1. The van der Waals surface area contributed by atoms with Crippen molar-refractivity contribution in [1.29, 1.82) is 0 Å². The molecule has 0 bridgehead atoms. The van der Waals surface area contributed by atoms with Gasteiger partial charge in [-0.2, -0.15) is 0 Å². The number of carbonyl (C=O) groups excluding carboxylic acids is 2. The third kappa shape index (κ3) is 6.12. The van der Waals surface area contributed by atoms with E-state index in [2.05, 4.69) is 5.32 Å². The van der Waals surface area contributed by atoms with Gasteiger partial charge in [-0.05, 0) is 42.8 Å². The molecular formula is C21H23FN2O4. The maximum atomic E-state index is 13.2. The van der Waals surface area contributed by atoms with Gasteiger partial charge in [0.1, 0.15) is 5.82 Å². The number of amides is 2. The van der Waals surface area contributed by atoms with Crippen molar-refractivity contribution in [3.05, 3.63) is 59.9 Å². The molecule has 2 aromatic rings. The highest BCUT2D eigenvalue weighted by Gasteiger charge is 2.15. The lowest BCUT2D eigenvalue weighted by Crippen LogP contribution is -2.37. The first kappa shape index (κ1) is 21.0. The number of carbonyl (C=O) groups is 2. The van der Waals surface area contributed by atoms with Crippen LogP contribution < -0.4 is 14.8 Å². The molecule has 6 nitrogen and oxygen atoms in total. The number of hydrogen-bond donors (Lipinski definition) is 1. The highest BCUT2D eigenvalue weighted by Crippen LogP contribution is 2.28. The van der Waals surface area contributed by atoms with Gasteiger partial charge in [-0.15, -0.1) is 0 Å². The summed E-state index contributed by atoms with van der Waals surface area (Å²) in [5, 5.41) is 2.54. The van der Waals surface area contributed by atoms with Crippen LogP contribution in [0.1, 0.15) is 12.5 Å². The SMILES string of the molecule is C/C=C/c1ccc(OCC(=O)N(C)CC(=O)Nc2cccc(F)c2)c(OC)c1. The molecule has 0 unspecified atom stereocenters. The van der Waals surface area contributed by atoms with E-state index >= 15 is 0 Å². The summed E-state index contributed by atoms with van der Waals surface area (Å²) >= 11 is 0. The van der Waals surface area contributed by atoms with Gasteiger partial charge in [-0.3, -0.25) is 9.59 Å². The number of anilines is 1. The Morgan fingerprint density at radius 3 is 2.64 bits per heavy atom. The Bertz CT molecular complexity index is 867. The van der Waals surface area contributed by atoms with Crippen LogP contribution in [0.25, 0.3) is 6.08 Å². The van der Waals surface area contributed by atoms with Crippen molar-refractivity contribution in [2.75, 3.05) is 32.6 Å². The van der Waals surface area contributed by atoms with E-state index in [0.29, 0.717) is 17.2 Å². The zero-order chi connectivity index (χ0) is 20.5. The van der Waals surface area contributed by atoms with E-state index < -0.39 is 11.7 Å². The normalized spacial score (nSPS) is 10.6. The summed E-state index contributed by atoms with van der Waals surface area (Å²) < 4.78 is 24.0. The molecule has 148 valence electrons. The smallest absolute Gasteiger partial charge is 0.260 e. The molecule has 0 fully saturated rings. The molecule has 7 heteroatoms. The van der Waals surface area contributed by atoms with E-state index in [9.17, 15) is 14.0 Å². The zero-order valence-corrected chi connectivity index (χ0v) is 16.1. The highest BCUT2D eigenvalue weighted by molar-refractivity contribution is 5.94. The van der Waals surface area contributed by atoms with E-state index in [1.54, 1.807) is 18.2 Å². The van der Waals surface area contributed by atoms with Crippen molar-refractivity contribution in [1.82, 2.24) is 4.90 Å². The molecule has 0 saturated carbocycles. The first-order valence-corrected chi connectivity index (χ1v) is 8.66. The standard InChI is InChI=1S/C21H23FN2O4/c1-4-6-15-9-10-18(19(11-15)27-3)28-14-21(26)24(2)13-20(25)23-17-8-5-7-16(22)12-17/h4-12H,13-14H2,1-3H3,(H,23,25)/b6-4+. The fourth-order valence-electron chi connectivity index (χ4n) is 2.42. The monoisotopic (exact) mass is 386 g/mol. The minimum absolute atomic E-state index is 0.184. The highest BCUT2D eigenvalue weighted by atomic mass is 19.1. The van der Waals surface area contributed by atoms with Gasteiger partial charge < -0.3 is 19.7 Å². The Balaban J connectivity index is 1.89. The Hall–Kier alpha value is -3.35. The lowest BCUT2D eigenvalue weighted by molar-refractivity contribution is -0.135. The molecule has 0 aliphatic rings. The van der Waals surface area contributed by atoms with Crippen LogP contribution in [0.4, 0.5) is 10.1 Å². The fourth-order valence-corrected chi connectivity index (χ4v) is 2.42. The second-order valence-corrected chi connectivity index (χ2v) is 6.01. The zero-order valence-electron chi connectivity index (χ0n) is 16.1. The van der Waals surface area contributed by atoms with Crippen LogP contribution in [0.2, 0.25) is 0 Å². The number of ether oxygens (including phenoxy) is 2. The van der Waals surface area contributed by atoms with Gasteiger partial charge in [0.25, 0.3) is 5.91 Å². The van der Waals surface area contributed by atoms with Gasteiger partial charge in [0, 0.05) is 12.7 Å².